The first kappa shape index (κ1) is 16.9. The third-order valence-electron chi connectivity index (χ3n) is 5.09. The van der Waals surface area contributed by atoms with Crippen LogP contribution >= 0.6 is 0 Å². The zero-order valence-electron chi connectivity index (χ0n) is 14.7. The Morgan fingerprint density at radius 1 is 1.29 bits per heavy atom. The molecule has 1 aromatic heterocycles. The van der Waals surface area contributed by atoms with E-state index in [1.807, 2.05) is 24.5 Å². The van der Waals surface area contributed by atoms with Crippen LogP contribution in [0.5, 0.6) is 0 Å². The molecule has 0 spiro atoms. The summed E-state index contributed by atoms with van der Waals surface area (Å²) in [5.74, 6) is 0.661. The molecule has 0 saturated carbocycles. The Morgan fingerprint density at radius 3 is 2.67 bits per heavy atom. The van der Waals surface area contributed by atoms with Crippen LogP contribution in [-0.2, 0) is 0 Å². The topological polar surface area (TPSA) is 26.4 Å². The number of quaternary nitrogens is 1. The van der Waals surface area contributed by atoms with Gasteiger partial charge in [0.05, 0.1) is 13.1 Å². The molecule has 0 amide bonds. The highest BCUT2D eigenvalue weighted by Gasteiger charge is 2.25. The lowest BCUT2D eigenvalue weighted by molar-refractivity contribution is -0.900. The fraction of sp³-hybridized carbons (Fsp3) is 0.450. The number of aromatic nitrogens is 1. The van der Waals surface area contributed by atoms with Gasteiger partial charge in [-0.2, -0.15) is 0 Å². The molecule has 1 aromatic carbocycles. The zero-order valence-corrected chi connectivity index (χ0v) is 14.7. The maximum absolute atomic E-state index is 13.2. The van der Waals surface area contributed by atoms with Crippen LogP contribution in [-0.4, -0.2) is 30.0 Å². The van der Waals surface area contributed by atoms with Gasteiger partial charge in [0.1, 0.15) is 12.4 Å². The largest absolute Gasteiger partial charge is 0.328 e. The van der Waals surface area contributed by atoms with Gasteiger partial charge in [-0.1, -0.05) is 6.92 Å². The van der Waals surface area contributed by atoms with Crippen LogP contribution in [0.1, 0.15) is 41.5 Å². The molecule has 24 heavy (non-hydrogen) atoms. The summed E-state index contributed by atoms with van der Waals surface area (Å²) >= 11 is 0. The first-order valence-corrected chi connectivity index (χ1v) is 8.77. The minimum Gasteiger partial charge on any atom is -0.328 e. The van der Waals surface area contributed by atoms with E-state index in [2.05, 4.69) is 6.92 Å². The van der Waals surface area contributed by atoms with Crippen molar-refractivity contribution in [2.24, 2.45) is 5.92 Å². The number of rotatable bonds is 4. The van der Waals surface area contributed by atoms with Gasteiger partial charge in [-0.25, -0.2) is 4.39 Å². The van der Waals surface area contributed by atoms with Crippen LogP contribution in [0.25, 0.3) is 5.69 Å². The first-order valence-electron chi connectivity index (χ1n) is 8.77. The van der Waals surface area contributed by atoms with Crippen molar-refractivity contribution < 1.29 is 14.1 Å². The van der Waals surface area contributed by atoms with E-state index in [1.165, 1.54) is 29.9 Å². The van der Waals surface area contributed by atoms with E-state index in [4.69, 9.17) is 0 Å². The molecule has 3 nitrogen and oxygen atoms in total. The van der Waals surface area contributed by atoms with Gasteiger partial charge in [-0.3, -0.25) is 4.79 Å². The van der Waals surface area contributed by atoms with Crippen molar-refractivity contribution >= 4 is 5.78 Å². The number of benzene rings is 1. The highest BCUT2D eigenvalue weighted by Crippen LogP contribution is 2.21. The third kappa shape index (κ3) is 3.44. The summed E-state index contributed by atoms with van der Waals surface area (Å²) in [6.45, 7) is 8.97. The number of hydrogen-bond donors (Lipinski definition) is 1. The summed E-state index contributed by atoms with van der Waals surface area (Å²) < 4.78 is 15.2. The Labute approximate surface area is 143 Å². The molecule has 4 heteroatoms. The molecule has 1 aliphatic rings. The van der Waals surface area contributed by atoms with Crippen LogP contribution in [0.4, 0.5) is 4.39 Å². The Balaban J connectivity index is 1.83. The first-order chi connectivity index (χ1) is 11.5. The average molecular weight is 329 g/mol. The van der Waals surface area contributed by atoms with E-state index in [-0.39, 0.29) is 11.6 Å². The van der Waals surface area contributed by atoms with Crippen LogP contribution in [0.15, 0.2) is 30.3 Å². The molecule has 1 aliphatic heterocycles. The van der Waals surface area contributed by atoms with Crippen molar-refractivity contribution in [1.82, 2.24) is 4.57 Å². The number of nitrogens with zero attached hydrogens (tertiary/aromatic N) is 1. The van der Waals surface area contributed by atoms with Gasteiger partial charge in [0, 0.05) is 28.6 Å². The summed E-state index contributed by atoms with van der Waals surface area (Å²) in [6.07, 6.45) is 2.48. The SMILES string of the molecule is Cc1cc(C(=O)C[NH+]2CCC[C@@H](C)C2)c(C)n1-c1ccc(F)cc1. The normalized spacial score (nSPS) is 21.0. The summed E-state index contributed by atoms with van der Waals surface area (Å²) in [6, 6.07) is 8.38. The van der Waals surface area contributed by atoms with Crippen LogP contribution in [0.3, 0.4) is 0 Å². The monoisotopic (exact) mass is 329 g/mol. The van der Waals surface area contributed by atoms with E-state index in [0.29, 0.717) is 12.5 Å². The van der Waals surface area contributed by atoms with Gasteiger partial charge < -0.3 is 9.47 Å². The second-order valence-electron chi connectivity index (χ2n) is 7.15. The number of carbonyl (C=O) groups excluding carboxylic acids is 1. The molecule has 3 rings (SSSR count). The molecule has 2 heterocycles. The zero-order chi connectivity index (χ0) is 17.3. The quantitative estimate of drug-likeness (QED) is 0.858. The fourth-order valence-corrected chi connectivity index (χ4v) is 3.91. The minimum atomic E-state index is -0.250. The van der Waals surface area contributed by atoms with Gasteiger partial charge in [0.2, 0.25) is 5.78 Å². The van der Waals surface area contributed by atoms with Gasteiger partial charge in [-0.05, 0) is 57.0 Å². The molecule has 1 unspecified atom stereocenters. The summed E-state index contributed by atoms with van der Waals surface area (Å²) in [4.78, 5) is 14.2. The Kier molecular flexibility index (Phi) is 4.86. The predicted octanol–water partition coefficient (Wildman–Crippen LogP) is 2.73. The molecular formula is C20H26FN2O+. The predicted molar refractivity (Wildman–Crippen MR) is 93.5 cm³/mol. The van der Waals surface area contributed by atoms with Crippen LogP contribution in [0, 0.1) is 25.6 Å². The Bertz CT molecular complexity index is 733. The van der Waals surface area contributed by atoms with Crippen LogP contribution in [0.2, 0.25) is 0 Å². The molecule has 128 valence electrons. The second-order valence-corrected chi connectivity index (χ2v) is 7.15. The summed E-state index contributed by atoms with van der Waals surface area (Å²) in [5, 5.41) is 0. The van der Waals surface area contributed by atoms with Crippen molar-refractivity contribution in [1.29, 1.82) is 0 Å². The second kappa shape index (κ2) is 6.89. The lowest BCUT2D eigenvalue weighted by Gasteiger charge is -2.27. The Morgan fingerprint density at radius 2 is 2.00 bits per heavy atom. The average Bonchev–Trinajstić information content (AvgIpc) is 2.83. The molecule has 0 aliphatic carbocycles. The lowest BCUT2D eigenvalue weighted by atomic mass is 9.99. The number of likely N-dealkylation sites (tertiary alicyclic amines) is 1. The number of aryl methyl sites for hydroxylation is 1. The highest BCUT2D eigenvalue weighted by molar-refractivity contribution is 5.98. The van der Waals surface area contributed by atoms with E-state index in [0.717, 1.165) is 35.7 Å². The number of hydrogen-bond acceptors (Lipinski definition) is 1. The molecule has 0 radical (unpaired) electrons. The molecule has 1 N–H and O–H groups in total. The Hall–Kier alpha value is -1.94. The van der Waals surface area contributed by atoms with E-state index in [9.17, 15) is 9.18 Å². The van der Waals surface area contributed by atoms with E-state index >= 15 is 0 Å². The molecule has 1 saturated heterocycles. The third-order valence-corrected chi connectivity index (χ3v) is 5.09. The summed E-state index contributed by atoms with van der Waals surface area (Å²) in [5.41, 5.74) is 3.63. The number of piperidine rings is 1. The van der Waals surface area contributed by atoms with E-state index in [1.54, 1.807) is 12.1 Å². The van der Waals surface area contributed by atoms with Gasteiger partial charge >= 0.3 is 0 Å². The number of carbonyl (C=O) groups is 1. The molecule has 2 atom stereocenters. The maximum Gasteiger partial charge on any atom is 0.218 e. The standard InChI is InChI=1S/C20H25FN2O/c1-14-5-4-10-22(12-14)13-20(24)19-11-15(2)23(16(19)3)18-8-6-17(21)7-9-18/h6-9,11,14H,4-5,10,12-13H2,1-3H3/p+1/t14-/m1/s1. The minimum absolute atomic E-state index is 0.209. The fourth-order valence-electron chi connectivity index (χ4n) is 3.91. The van der Waals surface area contributed by atoms with Gasteiger partial charge in [0.15, 0.2) is 0 Å². The van der Waals surface area contributed by atoms with Crippen LogP contribution < -0.4 is 4.90 Å². The van der Waals surface area contributed by atoms with Crippen molar-refractivity contribution in [3.05, 3.63) is 53.1 Å². The number of nitrogens with one attached hydrogen (secondary N) is 1. The molecule has 2 aromatic rings. The van der Waals surface area contributed by atoms with E-state index < -0.39 is 0 Å². The van der Waals surface area contributed by atoms with Gasteiger partial charge in [-0.15, -0.1) is 0 Å². The number of Topliss-reactive ketones (excluding diaryl/α,β-unsaturated/α-hetero) is 1. The van der Waals surface area contributed by atoms with Crippen molar-refractivity contribution in [3.63, 3.8) is 0 Å². The summed E-state index contributed by atoms with van der Waals surface area (Å²) in [7, 11) is 0. The van der Waals surface area contributed by atoms with Crippen molar-refractivity contribution in [2.45, 2.75) is 33.6 Å². The number of halogens is 1. The van der Waals surface area contributed by atoms with Crippen molar-refractivity contribution in [3.8, 4) is 5.69 Å². The van der Waals surface area contributed by atoms with Gasteiger partial charge in [0.25, 0.3) is 0 Å². The number of ketones is 1. The molecule has 1 fully saturated rings. The molecular weight excluding hydrogens is 303 g/mol. The lowest BCUT2D eigenvalue weighted by Crippen LogP contribution is -3.14. The van der Waals surface area contributed by atoms with Crippen molar-refractivity contribution in [2.75, 3.05) is 19.6 Å². The highest BCUT2D eigenvalue weighted by atomic mass is 19.1. The maximum atomic E-state index is 13.2. The molecule has 0 bridgehead atoms. The smallest absolute Gasteiger partial charge is 0.218 e.